The maximum absolute atomic E-state index is 12.9. The van der Waals surface area contributed by atoms with Gasteiger partial charge in [-0.05, 0) is 25.7 Å². The smallest absolute Gasteiger partial charge is 0.462 e. The van der Waals surface area contributed by atoms with Gasteiger partial charge in [0.05, 0.1) is 26.4 Å². The minimum atomic E-state index is -4.93. The molecule has 0 aliphatic carbocycles. The standard InChI is InChI=1S/C59H114O17P2/c1-5-9-13-17-19-20-21-22-23-24-25-26-27-28-29-30-31-32-34-38-42-46-59(64)76-55(50-70-57(62)44-40-37-33-18-14-10-6-2)52-74-78(67,68)72-48-53(60)47-71-77(65,66)73-51-54(75-58(63)45-41-36-16-12-8-4)49-69-56(61)43-39-35-15-11-7-3/h53-55,60H,5-52H2,1-4H3,(H,65,66)(H,67,68)/t53-,54+,55+/m0/s1. The van der Waals surface area contributed by atoms with Gasteiger partial charge in [-0.2, -0.15) is 0 Å². The quantitative estimate of drug-likeness (QED) is 0.0222. The summed E-state index contributed by atoms with van der Waals surface area (Å²) in [5, 5.41) is 10.4. The van der Waals surface area contributed by atoms with E-state index in [4.69, 9.17) is 37.0 Å². The normalized spacial score (nSPS) is 14.3. The Labute approximate surface area is 473 Å². The van der Waals surface area contributed by atoms with Crippen molar-refractivity contribution in [3.63, 3.8) is 0 Å². The largest absolute Gasteiger partial charge is 0.472 e. The Morgan fingerprint density at radius 3 is 0.756 bits per heavy atom. The predicted octanol–water partition coefficient (Wildman–Crippen LogP) is 16.0. The third-order valence-corrected chi connectivity index (χ3v) is 15.5. The first-order valence-electron chi connectivity index (χ1n) is 31.3. The first-order chi connectivity index (χ1) is 37.7. The topological polar surface area (TPSA) is 237 Å². The number of phosphoric ester groups is 2. The number of hydrogen-bond donors (Lipinski definition) is 3. The van der Waals surface area contributed by atoms with Gasteiger partial charge in [-0.15, -0.1) is 0 Å². The van der Waals surface area contributed by atoms with Crippen molar-refractivity contribution in [2.24, 2.45) is 0 Å². The second kappa shape index (κ2) is 54.3. The van der Waals surface area contributed by atoms with E-state index in [1.165, 1.54) is 109 Å². The molecule has 0 aromatic heterocycles. The van der Waals surface area contributed by atoms with Gasteiger partial charge in [0.15, 0.2) is 12.2 Å². The van der Waals surface area contributed by atoms with Gasteiger partial charge in [0.2, 0.25) is 0 Å². The molecule has 462 valence electrons. The molecule has 19 heteroatoms. The van der Waals surface area contributed by atoms with Crippen LogP contribution >= 0.6 is 15.6 Å². The molecule has 0 fully saturated rings. The van der Waals surface area contributed by atoms with E-state index in [9.17, 15) is 43.2 Å². The lowest BCUT2D eigenvalue weighted by molar-refractivity contribution is -0.161. The number of rotatable bonds is 60. The fraction of sp³-hybridized carbons (Fsp3) is 0.932. The number of ether oxygens (including phenoxy) is 4. The summed E-state index contributed by atoms with van der Waals surface area (Å²) in [6.07, 6.45) is 38.8. The van der Waals surface area contributed by atoms with Gasteiger partial charge in [0, 0.05) is 25.7 Å². The average molecular weight is 1160 g/mol. The van der Waals surface area contributed by atoms with E-state index in [1.54, 1.807) is 0 Å². The van der Waals surface area contributed by atoms with Gasteiger partial charge in [-0.3, -0.25) is 37.3 Å². The summed E-state index contributed by atoms with van der Waals surface area (Å²) in [5.41, 5.74) is 0. The lowest BCUT2D eigenvalue weighted by atomic mass is 10.0. The summed E-state index contributed by atoms with van der Waals surface area (Å²) >= 11 is 0. The van der Waals surface area contributed by atoms with Gasteiger partial charge < -0.3 is 33.8 Å². The number of aliphatic hydroxyl groups excluding tert-OH is 1. The average Bonchev–Trinajstić information content (AvgIpc) is 3.41. The van der Waals surface area contributed by atoms with Gasteiger partial charge in [0.25, 0.3) is 0 Å². The molecule has 0 saturated carbocycles. The van der Waals surface area contributed by atoms with Crippen LogP contribution in [0.15, 0.2) is 0 Å². The number of phosphoric acid groups is 2. The first kappa shape index (κ1) is 76.1. The van der Waals surface area contributed by atoms with Crippen LogP contribution in [-0.2, 0) is 65.4 Å². The number of esters is 4. The van der Waals surface area contributed by atoms with Crippen LogP contribution in [0.2, 0.25) is 0 Å². The highest BCUT2D eigenvalue weighted by Crippen LogP contribution is 2.45. The molecule has 0 aromatic rings. The predicted molar refractivity (Wildman–Crippen MR) is 308 cm³/mol. The van der Waals surface area contributed by atoms with Crippen molar-refractivity contribution in [2.75, 3.05) is 39.6 Å². The molecule has 5 atom stereocenters. The Balaban J connectivity index is 4.94. The van der Waals surface area contributed by atoms with E-state index in [-0.39, 0.29) is 25.7 Å². The molecule has 2 unspecified atom stereocenters. The summed E-state index contributed by atoms with van der Waals surface area (Å²) in [7, 11) is -9.85. The summed E-state index contributed by atoms with van der Waals surface area (Å²) in [4.78, 5) is 71.3. The molecular formula is C59H114O17P2. The zero-order chi connectivity index (χ0) is 57.6. The van der Waals surface area contributed by atoms with Crippen molar-refractivity contribution in [2.45, 2.75) is 316 Å². The van der Waals surface area contributed by atoms with Crippen molar-refractivity contribution in [1.82, 2.24) is 0 Å². The summed E-state index contributed by atoms with van der Waals surface area (Å²) in [6.45, 7) is 4.62. The van der Waals surface area contributed by atoms with Gasteiger partial charge in [-0.25, -0.2) is 9.13 Å². The zero-order valence-electron chi connectivity index (χ0n) is 49.6. The number of aliphatic hydroxyl groups is 1. The van der Waals surface area contributed by atoms with Crippen LogP contribution in [0.1, 0.15) is 297 Å². The third-order valence-electron chi connectivity index (χ3n) is 13.6. The molecule has 0 rings (SSSR count). The number of carbonyl (C=O) groups is 4. The fourth-order valence-electron chi connectivity index (χ4n) is 8.75. The monoisotopic (exact) mass is 1160 g/mol. The van der Waals surface area contributed by atoms with E-state index in [0.29, 0.717) is 25.7 Å². The molecule has 0 amide bonds. The SMILES string of the molecule is CCCCCCCCCCCCCCCCCCCCCCCC(=O)O[C@H](COC(=O)CCCCCCCCC)COP(=O)(O)OC[C@@H](O)COP(=O)(O)OC[C@@H](COC(=O)CCCCCCC)OC(=O)CCCCCCC. The number of carbonyl (C=O) groups excluding carboxylic acids is 4. The Hall–Kier alpha value is -1.94. The highest BCUT2D eigenvalue weighted by molar-refractivity contribution is 7.47. The van der Waals surface area contributed by atoms with E-state index in [1.807, 2.05) is 0 Å². The molecule has 0 aromatic carbocycles. The highest BCUT2D eigenvalue weighted by atomic mass is 31.2. The number of unbranched alkanes of at least 4 members (excludes halogenated alkanes) is 34. The molecule has 0 saturated heterocycles. The number of hydrogen-bond acceptors (Lipinski definition) is 15. The van der Waals surface area contributed by atoms with Gasteiger partial charge >= 0.3 is 39.5 Å². The van der Waals surface area contributed by atoms with E-state index < -0.39 is 97.5 Å². The maximum Gasteiger partial charge on any atom is 0.472 e. The van der Waals surface area contributed by atoms with Crippen molar-refractivity contribution >= 4 is 39.5 Å². The Morgan fingerprint density at radius 2 is 0.513 bits per heavy atom. The molecule has 3 N–H and O–H groups in total. The molecule has 0 aliphatic rings. The maximum atomic E-state index is 12.9. The summed E-state index contributed by atoms with van der Waals surface area (Å²) < 4.78 is 67.2. The second-order valence-corrected chi connectivity index (χ2v) is 24.3. The van der Waals surface area contributed by atoms with Crippen molar-refractivity contribution < 1.29 is 80.2 Å². The summed E-state index contributed by atoms with van der Waals surface area (Å²) in [5.74, 6) is -2.17. The minimum Gasteiger partial charge on any atom is -0.462 e. The first-order valence-corrected chi connectivity index (χ1v) is 34.3. The Morgan fingerprint density at radius 1 is 0.308 bits per heavy atom. The lowest BCUT2D eigenvalue weighted by Crippen LogP contribution is -2.30. The van der Waals surface area contributed by atoms with Crippen LogP contribution < -0.4 is 0 Å². The van der Waals surface area contributed by atoms with Crippen LogP contribution in [0.25, 0.3) is 0 Å². The van der Waals surface area contributed by atoms with E-state index in [0.717, 1.165) is 109 Å². The molecule has 78 heavy (non-hydrogen) atoms. The summed E-state index contributed by atoms with van der Waals surface area (Å²) in [6, 6.07) is 0. The third kappa shape index (κ3) is 53.4. The van der Waals surface area contributed by atoms with Crippen molar-refractivity contribution in [1.29, 1.82) is 0 Å². The molecule has 17 nitrogen and oxygen atoms in total. The van der Waals surface area contributed by atoms with Crippen LogP contribution in [0.5, 0.6) is 0 Å². The Kier molecular flexibility index (Phi) is 53.0. The minimum absolute atomic E-state index is 0.0990. The molecule has 0 heterocycles. The van der Waals surface area contributed by atoms with Crippen LogP contribution in [-0.4, -0.2) is 96.7 Å². The molecular weight excluding hydrogens is 1040 g/mol. The molecule has 0 aliphatic heterocycles. The van der Waals surface area contributed by atoms with E-state index in [2.05, 4.69) is 27.7 Å². The van der Waals surface area contributed by atoms with Gasteiger partial charge in [-0.1, -0.05) is 246 Å². The van der Waals surface area contributed by atoms with Gasteiger partial charge in [0.1, 0.15) is 19.3 Å². The van der Waals surface area contributed by atoms with E-state index >= 15 is 0 Å². The lowest BCUT2D eigenvalue weighted by Gasteiger charge is -2.21. The second-order valence-electron chi connectivity index (χ2n) is 21.4. The molecule has 0 radical (unpaired) electrons. The molecule has 0 bridgehead atoms. The fourth-order valence-corrected chi connectivity index (χ4v) is 10.3. The van der Waals surface area contributed by atoms with Crippen LogP contribution in [0.4, 0.5) is 0 Å². The van der Waals surface area contributed by atoms with Crippen LogP contribution in [0, 0.1) is 0 Å². The zero-order valence-corrected chi connectivity index (χ0v) is 51.4. The Bertz CT molecular complexity index is 1520. The highest BCUT2D eigenvalue weighted by Gasteiger charge is 2.30. The van der Waals surface area contributed by atoms with Crippen molar-refractivity contribution in [3.05, 3.63) is 0 Å². The molecule has 0 spiro atoms. The van der Waals surface area contributed by atoms with Crippen molar-refractivity contribution in [3.8, 4) is 0 Å². The van der Waals surface area contributed by atoms with Crippen LogP contribution in [0.3, 0.4) is 0 Å².